The van der Waals surface area contributed by atoms with E-state index in [0.29, 0.717) is 0 Å². The maximum atomic E-state index is 6.07. The molecule has 0 fully saturated rings. The van der Waals surface area contributed by atoms with Gasteiger partial charge >= 0.3 is 0 Å². The normalized spacial score (nSPS) is 11.8. The van der Waals surface area contributed by atoms with E-state index in [-0.39, 0.29) is 0 Å². The summed E-state index contributed by atoms with van der Waals surface area (Å²) in [4.78, 5) is 14.2. The highest BCUT2D eigenvalue weighted by Crippen LogP contribution is 2.34. The second-order valence-electron chi connectivity index (χ2n) is 15.1. The summed E-state index contributed by atoms with van der Waals surface area (Å²) in [5, 5.41) is 4.72. The van der Waals surface area contributed by atoms with Gasteiger partial charge in [-0.25, -0.2) is 0 Å². The lowest BCUT2D eigenvalue weighted by atomic mass is 10.0. The number of aromatic amines is 4. The molecule has 0 saturated carbocycles. The van der Waals surface area contributed by atoms with E-state index in [2.05, 4.69) is 131 Å². The van der Waals surface area contributed by atoms with Crippen LogP contribution in [-0.4, -0.2) is 33.1 Å². The SMILES string of the molecule is CCCCCCCCOc1cc2cc(-c3ccc4[nH]c(-c5cc6cc(-c7ccc8[nH]c(OCCCCCCCC)cc8c7)ccc6[nH]5)cc4c3)ccc2[nH]1. The van der Waals surface area contributed by atoms with Gasteiger partial charge in [0, 0.05) is 55.7 Å². The fraction of sp³-hybridized carbons (Fsp3) is 0.333. The summed E-state index contributed by atoms with van der Waals surface area (Å²) in [7, 11) is 0. The lowest BCUT2D eigenvalue weighted by Gasteiger charge is -2.03. The Morgan fingerprint density at radius 3 is 1.07 bits per heavy atom. The molecule has 0 aliphatic rings. The summed E-state index contributed by atoms with van der Waals surface area (Å²) in [6.45, 7) is 6.04. The Labute approximate surface area is 318 Å². The van der Waals surface area contributed by atoms with Crippen LogP contribution in [0.5, 0.6) is 11.8 Å². The van der Waals surface area contributed by atoms with Crippen molar-refractivity contribution in [2.24, 2.45) is 0 Å². The zero-order chi connectivity index (χ0) is 36.7. The molecule has 0 aliphatic carbocycles. The lowest BCUT2D eigenvalue weighted by molar-refractivity contribution is 0.295. The predicted molar refractivity (Wildman–Crippen MR) is 228 cm³/mol. The van der Waals surface area contributed by atoms with Crippen LogP contribution in [0.1, 0.15) is 90.9 Å². The van der Waals surface area contributed by atoms with Gasteiger partial charge in [0.2, 0.25) is 0 Å². The quantitative estimate of drug-likeness (QED) is 0.0628. The van der Waals surface area contributed by atoms with E-state index in [0.717, 1.165) is 71.3 Å². The van der Waals surface area contributed by atoms with Crippen molar-refractivity contribution >= 4 is 43.6 Å². The van der Waals surface area contributed by atoms with E-state index in [1.54, 1.807) is 0 Å². The number of hydrogen-bond acceptors (Lipinski definition) is 2. The molecule has 0 amide bonds. The van der Waals surface area contributed by atoms with E-state index in [1.165, 1.54) is 108 Å². The first kappa shape index (κ1) is 35.7. The number of H-pyrrole nitrogens is 4. The molecule has 4 N–H and O–H groups in total. The molecule has 4 aromatic heterocycles. The van der Waals surface area contributed by atoms with Gasteiger partial charge < -0.3 is 29.4 Å². The molecule has 0 saturated heterocycles. The Kier molecular flexibility index (Phi) is 11.1. The van der Waals surface area contributed by atoms with Gasteiger partial charge in [0.15, 0.2) is 11.8 Å². The molecular weight excluding hydrogens is 665 g/mol. The van der Waals surface area contributed by atoms with Crippen molar-refractivity contribution in [3.05, 3.63) is 97.1 Å². The number of hydrogen-bond donors (Lipinski definition) is 4. The third-order valence-electron chi connectivity index (χ3n) is 10.9. The van der Waals surface area contributed by atoms with Crippen LogP contribution >= 0.6 is 0 Å². The number of ether oxygens (including phenoxy) is 2. The molecule has 4 aromatic carbocycles. The smallest absolute Gasteiger partial charge is 0.191 e. The highest BCUT2D eigenvalue weighted by molar-refractivity contribution is 5.95. The Morgan fingerprint density at radius 1 is 0.352 bits per heavy atom. The topological polar surface area (TPSA) is 81.6 Å². The Hall–Kier alpha value is -5.36. The number of nitrogens with one attached hydrogen (secondary N) is 4. The van der Waals surface area contributed by atoms with Crippen LogP contribution in [0.3, 0.4) is 0 Å². The largest absolute Gasteiger partial charge is 0.479 e. The maximum Gasteiger partial charge on any atom is 0.191 e. The van der Waals surface area contributed by atoms with E-state index in [9.17, 15) is 0 Å². The standard InChI is InChI=1S/C48H54N4O2/c1-3-5-7-9-11-13-23-53-47-31-39-27-35(17-21-43(39)51-47)33-15-19-41-37(25-33)29-45(49-41)46-30-38-26-34(16-20-42(38)50-46)36-18-22-44-40(28-36)32-48(52-44)54-24-14-12-10-8-6-4-2/h15-22,25-32,49-52H,3-14,23-24H2,1-2H3. The fourth-order valence-electron chi connectivity index (χ4n) is 7.77. The third-order valence-corrected chi connectivity index (χ3v) is 10.9. The molecule has 278 valence electrons. The lowest BCUT2D eigenvalue weighted by Crippen LogP contribution is -1.97. The van der Waals surface area contributed by atoms with E-state index < -0.39 is 0 Å². The molecule has 6 heteroatoms. The summed E-state index contributed by atoms with van der Waals surface area (Å²) in [5.74, 6) is 1.71. The average Bonchev–Trinajstić information content (AvgIpc) is 4.00. The zero-order valence-corrected chi connectivity index (χ0v) is 32.0. The number of unbranched alkanes of at least 4 members (excludes halogenated alkanes) is 10. The second-order valence-corrected chi connectivity index (χ2v) is 15.1. The van der Waals surface area contributed by atoms with Crippen LogP contribution in [-0.2, 0) is 0 Å². The third kappa shape index (κ3) is 8.23. The van der Waals surface area contributed by atoms with Gasteiger partial charge in [-0.3, -0.25) is 0 Å². The molecule has 8 rings (SSSR count). The van der Waals surface area contributed by atoms with Crippen LogP contribution in [0.4, 0.5) is 0 Å². The first-order chi connectivity index (χ1) is 26.6. The molecule has 0 radical (unpaired) electrons. The first-order valence-corrected chi connectivity index (χ1v) is 20.4. The van der Waals surface area contributed by atoms with Crippen LogP contribution < -0.4 is 9.47 Å². The van der Waals surface area contributed by atoms with Gasteiger partial charge in [-0.1, -0.05) is 102 Å². The first-order valence-electron chi connectivity index (χ1n) is 20.4. The van der Waals surface area contributed by atoms with Crippen molar-refractivity contribution in [1.82, 2.24) is 19.9 Å². The number of rotatable bonds is 19. The zero-order valence-electron chi connectivity index (χ0n) is 32.0. The Bertz CT molecular complexity index is 2290. The molecule has 0 unspecified atom stereocenters. The fourth-order valence-corrected chi connectivity index (χ4v) is 7.77. The average molecular weight is 719 g/mol. The van der Waals surface area contributed by atoms with Crippen molar-refractivity contribution in [3.8, 4) is 45.4 Å². The minimum Gasteiger partial charge on any atom is -0.479 e. The minimum absolute atomic E-state index is 0.760. The highest BCUT2D eigenvalue weighted by Gasteiger charge is 2.12. The Balaban J connectivity index is 0.932. The Morgan fingerprint density at radius 2 is 0.685 bits per heavy atom. The number of fused-ring (bicyclic) bond motifs is 4. The summed E-state index contributed by atoms with van der Waals surface area (Å²) >= 11 is 0. The van der Waals surface area contributed by atoms with E-state index >= 15 is 0 Å². The molecule has 6 nitrogen and oxygen atoms in total. The second kappa shape index (κ2) is 16.8. The summed E-state index contributed by atoms with van der Waals surface area (Å²) in [6.07, 6.45) is 15.2. The van der Waals surface area contributed by atoms with Crippen LogP contribution in [0.2, 0.25) is 0 Å². The van der Waals surface area contributed by atoms with E-state index in [4.69, 9.17) is 9.47 Å². The van der Waals surface area contributed by atoms with Gasteiger partial charge in [0.25, 0.3) is 0 Å². The van der Waals surface area contributed by atoms with Crippen molar-refractivity contribution in [1.29, 1.82) is 0 Å². The van der Waals surface area contributed by atoms with Gasteiger partial charge in [0.05, 0.1) is 24.6 Å². The molecule has 8 aromatic rings. The molecule has 54 heavy (non-hydrogen) atoms. The van der Waals surface area contributed by atoms with Crippen LogP contribution in [0.25, 0.3) is 77.3 Å². The van der Waals surface area contributed by atoms with Crippen LogP contribution in [0, 0.1) is 0 Å². The van der Waals surface area contributed by atoms with Crippen molar-refractivity contribution in [3.63, 3.8) is 0 Å². The van der Waals surface area contributed by atoms with Crippen molar-refractivity contribution in [2.75, 3.05) is 13.2 Å². The molecular formula is C48H54N4O2. The van der Waals surface area contributed by atoms with Gasteiger partial charge in [-0.05, 0) is 95.8 Å². The minimum atomic E-state index is 0.760. The summed E-state index contributed by atoms with van der Waals surface area (Å²) < 4.78 is 12.1. The van der Waals surface area contributed by atoms with Crippen molar-refractivity contribution in [2.45, 2.75) is 90.9 Å². The number of aromatic nitrogens is 4. The van der Waals surface area contributed by atoms with Gasteiger partial charge in [0.1, 0.15) is 0 Å². The summed E-state index contributed by atoms with van der Waals surface area (Å²) in [5.41, 5.74) is 11.4. The van der Waals surface area contributed by atoms with Gasteiger partial charge in [-0.2, -0.15) is 0 Å². The van der Waals surface area contributed by atoms with Gasteiger partial charge in [-0.15, -0.1) is 0 Å². The molecule has 0 spiro atoms. The monoisotopic (exact) mass is 718 g/mol. The summed E-state index contributed by atoms with van der Waals surface area (Å²) in [6, 6.07) is 35.3. The van der Waals surface area contributed by atoms with E-state index in [1.807, 2.05) is 0 Å². The highest BCUT2D eigenvalue weighted by atomic mass is 16.5. The maximum absolute atomic E-state index is 6.07. The predicted octanol–water partition coefficient (Wildman–Crippen LogP) is 14.1. The molecule has 4 heterocycles. The van der Waals surface area contributed by atoms with Crippen molar-refractivity contribution < 1.29 is 9.47 Å². The molecule has 0 atom stereocenters. The molecule has 0 bridgehead atoms. The number of benzene rings is 4. The van der Waals surface area contributed by atoms with Crippen LogP contribution in [0.15, 0.2) is 97.1 Å². The molecule has 0 aliphatic heterocycles.